The van der Waals surface area contributed by atoms with E-state index in [1.54, 1.807) is 6.20 Å². The van der Waals surface area contributed by atoms with Crippen molar-refractivity contribution >= 4 is 0 Å². The zero-order valence-electron chi connectivity index (χ0n) is 7.53. The molecule has 3 heteroatoms. The van der Waals surface area contributed by atoms with Crippen LogP contribution in [-0.4, -0.2) is 16.6 Å². The normalized spacial score (nSPS) is 22.1. The first-order chi connectivity index (χ1) is 6.40. The van der Waals surface area contributed by atoms with Gasteiger partial charge in [-0.25, -0.2) is 0 Å². The molecule has 0 radical (unpaired) electrons. The summed E-state index contributed by atoms with van der Waals surface area (Å²) in [5.74, 6) is 0. The minimum absolute atomic E-state index is 0.0994. The van der Waals surface area contributed by atoms with Gasteiger partial charge in [0.25, 0.3) is 0 Å². The van der Waals surface area contributed by atoms with E-state index >= 15 is 0 Å². The number of nitrogens with zero attached hydrogens (tertiary/aromatic N) is 1. The lowest BCUT2D eigenvalue weighted by atomic mass is 10.1. The Morgan fingerprint density at radius 2 is 2.54 bits per heavy atom. The maximum absolute atomic E-state index is 8.96. The van der Waals surface area contributed by atoms with E-state index in [1.807, 2.05) is 12.1 Å². The number of aromatic nitrogens is 1. The fourth-order valence-corrected chi connectivity index (χ4v) is 1.72. The van der Waals surface area contributed by atoms with E-state index < -0.39 is 0 Å². The summed E-state index contributed by atoms with van der Waals surface area (Å²) in [4.78, 5) is 4.30. The van der Waals surface area contributed by atoms with Crippen LogP contribution < -0.4 is 5.32 Å². The van der Waals surface area contributed by atoms with Crippen molar-refractivity contribution in [2.24, 2.45) is 0 Å². The third-order valence-corrected chi connectivity index (χ3v) is 2.45. The topological polar surface area (TPSA) is 45.2 Å². The van der Waals surface area contributed by atoms with Gasteiger partial charge in [0.2, 0.25) is 0 Å². The van der Waals surface area contributed by atoms with Crippen molar-refractivity contribution in [1.29, 1.82) is 0 Å². The molecule has 1 atom stereocenters. The smallest absolute Gasteiger partial charge is 0.0683 e. The Balaban J connectivity index is 2.18. The van der Waals surface area contributed by atoms with Gasteiger partial charge >= 0.3 is 0 Å². The van der Waals surface area contributed by atoms with E-state index in [2.05, 4.69) is 10.3 Å². The summed E-state index contributed by atoms with van der Waals surface area (Å²) in [5, 5.41) is 12.3. The van der Waals surface area contributed by atoms with Crippen LogP contribution in [0.15, 0.2) is 18.3 Å². The lowest BCUT2D eigenvalue weighted by Gasteiger charge is -2.09. The molecular formula is C10H14N2O. The molecule has 1 aromatic heterocycles. The number of pyridine rings is 1. The molecular weight excluding hydrogens is 164 g/mol. The SMILES string of the molecule is OCc1ccnc(C2CCCN2)c1. The molecule has 0 saturated carbocycles. The highest BCUT2D eigenvalue weighted by atomic mass is 16.3. The summed E-state index contributed by atoms with van der Waals surface area (Å²) in [5.41, 5.74) is 2.00. The Kier molecular flexibility index (Phi) is 2.57. The molecule has 1 fully saturated rings. The number of rotatable bonds is 2. The van der Waals surface area contributed by atoms with E-state index in [1.165, 1.54) is 6.42 Å². The van der Waals surface area contributed by atoms with Gasteiger partial charge in [-0.15, -0.1) is 0 Å². The van der Waals surface area contributed by atoms with E-state index in [4.69, 9.17) is 5.11 Å². The van der Waals surface area contributed by atoms with Crippen LogP contribution in [0.4, 0.5) is 0 Å². The third-order valence-electron chi connectivity index (χ3n) is 2.45. The fraction of sp³-hybridized carbons (Fsp3) is 0.500. The Labute approximate surface area is 77.8 Å². The van der Waals surface area contributed by atoms with Gasteiger partial charge in [0, 0.05) is 12.2 Å². The number of hydrogen-bond acceptors (Lipinski definition) is 3. The Bertz CT molecular complexity index is 282. The Morgan fingerprint density at radius 1 is 1.62 bits per heavy atom. The largest absolute Gasteiger partial charge is 0.392 e. The van der Waals surface area contributed by atoms with E-state index in [0.29, 0.717) is 6.04 Å². The van der Waals surface area contributed by atoms with Crippen molar-refractivity contribution in [3.8, 4) is 0 Å². The highest BCUT2D eigenvalue weighted by Gasteiger charge is 2.16. The van der Waals surface area contributed by atoms with Crippen molar-refractivity contribution in [2.45, 2.75) is 25.5 Å². The van der Waals surface area contributed by atoms with Crippen LogP contribution in [0.1, 0.15) is 30.1 Å². The molecule has 70 valence electrons. The minimum Gasteiger partial charge on any atom is -0.392 e. The first-order valence-electron chi connectivity index (χ1n) is 4.69. The lowest BCUT2D eigenvalue weighted by molar-refractivity contribution is 0.281. The average molecular weight is 178 g/mol. The second kappa shape index (κ2) is 3.85. The van der Waals surface area contributed by atoms with Crippen LogP contribution in [-0.2, 0) is 6.61 Å². The van der Waals surface area contributed by atoms with Gasteiger partial charge in [-0.05, 0) is 37.1 Å². The summed E-state index contributed by atoms with van der Waals surface area (Å²) in [6.45, 7) is 1.18. The summed E-state index contributed by atoms with van der Waals surface area (Å²) in [6.07, 6.45) is 4.14. The third kappa shape index (κ3) is 1.87. The molecule has 1 aliphatic heterocycles. The van der Waals surface area contributed by atoms with Crippen molar-refractivity contribution in [2.75, 3.05) is 6.54 Å². The molecule has 1 aromatic rings. The lowest BCUT2D eigenvalue weighted by Crippen LogP contribution is -2.14. The quantitative estimate of drug-likeness (QED) is 0.710. The predicted octanol–water partition coefficient (Wildman–Crippen LogP) is 0.998. The van der Waals surface area contributed by atoms with Crippen LogP contribution >= 0.6 is 0 Å². The van der Waals surface area contributed by atoms with Gasteiger partial charge in [-0.2, -0.15) is 0 Å². The van der Waals surface area contributed by atoms with Gasteiger partial charge in [-0.1, -0.05) is 0 Å². The molecule has 1 aliphatic rings. The molecule has 2 heterocycles. The van der Waals surface area contributed by atoms with Gasteiger partial charge < -0.3 is 10.4 Å². The summed E-state index contributed by atoms with van der Waals surface area (Å²) in [7, 11) is 0. The Morgan fingerprint density at radius 3 is 3.23 bits per heavy atom. The van der Waals surface area contributed by atoms with Gasteiger partial charge in [0.15, 0.2) is 0 Å². The maximum Gasteiger partial charge on any atom is 0.0683 e. The Hall–Kier alpha value is -0.930. The second-order valence-electron chi connectivity index (χ2n) is 3.40. The first-order valence-corrected chi connectivity index (χ1v) is 4.69. The molecule has 0 aromatic carbocycles. The molecule has 1 unspecified atom stereocenters. The number of aliphatic hydroxyl groups excluding tert-OH is 1. The zero-order chi connectivity index (χ0) is 9.10. The molecule has 2 N–H and O–H groups in total. The van der Waals surface area contributed by atoms with Crippen molar-refractivity contribution < 1.29 is 5.11 Å². The number of nitrogens with one attached hydrogen (secondary N) is 1. The molecule has 0 amide bonds. The molecule has 0 aliphatic carbocycles. The average Bonchev–Trinajstić information content (AvgIpc) is 2.71. The zero-order valence-corrected chi connectivity index (χ0v) is 7.53. The number of aliphatic hydroxyl groups is 1. The van der Waals surface area contributed by atoms with Crippen molar-refractivity contribution in [1.82, 2.24) is 10.3 Å². The highest BCUT2D eigenvalue weighted by Crippen LogP contribution is 2.21. The monoisotopic (exact) mass is 178 g/mol. The first kappa shape index (κ1) is 8.66. The maximum atomic E-state index is 8.96. The van der Waals surface area contributed by atoms with E-state index in [-0.39, 0.29) is 6.61 Å². The highest BCUT2D eigenvalue weighted by molar-refractivity contribution is 5.18. The van der Waals surface area contributed by atoms with Crippen LogP contribution in [0.25, 0.3) is 0 Å². The molecule has 13 heavy (non-hydrogen) atoms. The summed E-state index contributed by atoms with van der Waals surface area (Å²) < 4.78 is 0. The van der Waals surface area contributed by atoms with Crippen LogP contribution in [0.5, 0.6) is 0 Å². The molecule has 1 saturated heterocycles. The van der Waals surface area contributed by atoms with Crippen LogP contribution in [0, 0.1) is 0 Å². The van der Waals surface area contributed by atoms with Gasteiger partial charge in [0.1, 0.15) is 0 Å². The number of hydrogen-bond donors (Lipinski definition) is 2. The molecule has 3 nitrogen and oxygen atoms in total. The standard InChI is InChI=1S/C10H14N2O/c13-7-8-3-5-12-10(6-8)9-2-1-4-11-9/h3,5-6,9,11,13H,1-2,4,7H2. The van der Waals surface area contributed by atoms with Crippen molar-refractivity contribution in [3.05, 3.63) is 29.6 Å². The molecule has 0 bridgehead atoms. The molecule has 2 rings (SSSR count). The fourth-order valence-electron chi connectivity index (χ4n) is 1.72. The molecule has 0 spiro atoms. The summed E-state index contributed by atoms with van der Waals surface area (Å²) in [6, 6.07) is 4.22. The summed E-state index contributed by atoms with van der Waals surface area (Å²) >= 11 is 0. The predicted molar refractivity (Wildman–Crippen MR) is 50.1 cm³/mol. The van der Waals surface area contributed by atoms with E-state index in [0.717, 1.165) is 24.2 Å². The van der Waals surface area contributed by atoms with Crippen molar-refractivity contribution in [3.63, 3.8) is 0 Å². The second-order valence-corrected chi connectivity index (χ2v) is 3.40. The van der Waals surface area contributed by atoms with Crippen LogP contribution in [0.2, 0.25) is 0 Å². The van der Waals surface area contributed by atoms with E-state index in [9.17, 15) is 0 Å². The van der Waals surface area contributed by atoms with Crippen LogP contribution in [0.3, 0.4) is 0 Å². The minimum atomic E-state index is 0.0994. The van der Waals surface area contributed by atoms with Gasteiger partial charge in [0.05, 0.1) is 12.3 Å². The van der Waals surface area contributed by atoms with Gasteiger partial charge in [-0.3, -0.25) is 4.98 Å².